The van der Waals surface area contributed by atoms with Gasteiger partial charge in [0.15, 0.2) is 0 Å². The number of hydrogen-bond acceptors (Lipinski definition) is 4. The molecule has 0 aliphatic carbocycles. The molecule has 0 saturated carbocycles. The Bertz CT molecular complexity index is 291. The highest BCUT2D eigenvalue weighted by atomic mass is 16.5. The van der Waals surface area contributed by atoms with Gasteiger partial charge in [-0.25, -0.2) is 0 Å². The van der Waals surface area contributed by atoms with E-state index >= 15 is 0 Å². The van der Waals surface area contributed by atoms with Gasteiger partial charge in [0.1, 0.15) is 0 Å². The molecule has 1 amide bonds. The second kappa shape index (κ2) is 4.92. The van der Waals surface area contributed by atoms with Crippen LogP contribution in [-0.2, 0) is 14.3 Å². The summed E-state index contributed by atoms with van der Waals surface area (Å²) in [6.07, 6.45) is 4.38. The van der Waals surface area contributed by atoms with Gasteiger partial charge in [-0.3, -0.25) is 4.79 Å². The molecule has 3 saturated heterocycles. The average molecular weight is 240 g/mol. The maximum absolute atomic E-state index is 11.9. The van der Waals surface area contributed by atoms with Crippen LogP contribution >= 0.6 is 0 Å². The van der Waals surface area contributed by atoms with Crippen LogP contribution in [0.1, 0.15) is 25.7 Å². The van der Waals surface area contributed by atoms with Crippen LogP contribution in [-0.4, -0.2) is 50.0 Å². The second-order valence-electron chi connectivity index (χ2n) is 5.18. The molecule has 4 unspecified atom stereocenters. The summed E-state index contributed by atoms with van der Waals surface area (Å²) < 4.78 is 11.2. The Hall–Kier alpha value is -0.650. The number of fused-ring (bicyclic) bond motifs is 2. The molecular formula is C12H20N2O3. The largest absolute Gasteiger partial charge is 0.375 e. The first-order valence-electron chi connectivity index (χ1n) is 6.58. The summed E-state index contributed by atoms with van der Waals surface area (Å²) in [5, 5.41) is 6.32. The van der Waals surface area contributed by atoms with Gasteiger partial charge < -0.3 is 20.1 Å². The topological polar surface area (TPSA) is 59.6 Å². The molecule has 2 bridgehead atoms. The van der Waals surface area contributed by atoms with Gasteiger partial charge in [-0.05, 0) is 19.3 Å². The maximum Gasteiger partial charge on any atom is 0.222 e. The molecule has 3 rings (SSSR count). The molecule has 0 spiro atoms. The average Bonchev–Trinajstić information content (AvgIpc) is 2.92. The van der Waals surface area contributed by atoms with E-state index in [0.717, 1.165) is 32.4 Å². The lowest BCUT2D eigenvalue weighted by Gasteiger charge is -2.25. The van der Waals surface area contributed by atoms with Gasteiger partial charge in [-0.1, -0.05) is 0 Å². The minimum Gasteiger partial charge on any atom is -0.375 e. The molecule has 3 aliphatic heterocycles. The molecule has 3 heterocycles. The molecule has 5 nitrogen and oxygen atoms in total. The third-order valence-electron chi connectivity index (χ3n) is 3.87. The SMILES string of the molecule is O=C(CC1CNCCO1)NC1CC2CCC1O2. The number of carbonyl (C=O) groups excluding carboxylic acids is 1. The summed E-state index contributed by atoms with van der Waals surface area (Å²) in [5.74, 6) is 0.0971. The summed E-state index contributed by atoms with van der Waals surface area (Å²) in [6.45, 7) is 2.37. The molecular weight excluding hydrogens is 220 g/mol. The summed E-state index contributed by atoms with van der Waals surface area (Å²) in [7, 11) is 0. The predicted octanol–water partition coefficient (Wildman–Crippen LogP) is -0.199. The Morgan fingerprint density at radius 1 is 1.41 bits per heavy atom. The lowest BCUT2D eigenvalue weighted by Crippen LogP contribution is -2.45. The Morgan fingerprint density at radius 2 is 2.35 bits per heavy atom. The number of amides is 1. The lowest BCUT2D eigenvalue weighted by molar-refractivity contribution is -0.125. The van der Waals surface area contributed by atoms with Gasteiger partial charge in [-0.2, -0.15) is 0 Å². The van der Waals surface area contributed by atoms with Crippen LogP contribution in [0.4, 0.5) is 0 Å². The van der Waals surface area contributed by atoms with Gasteiger partial charge in [-0.15, -0.1) is 0 Å². The highest BCUT2D eigenvalue weighted by molar-refractivity contribution is 5.77. The van der Waals surface area contributed by atoms with Crippen molar-refractivity contribution < 1.29 is 14.3 Å². The summed E-state index contributed by atoms with van der Waals surface area (Å²) >= 11 is 0. The standard InChI is InChI=1S/C12H20N2O3/c15-12(6-9-7-13-3-4-16-9)14-10-5-8-1-2-11(10)17-8/h8-11,13H,1-7H2,(H,14,15). The van der Waals surface area contributed by atoms with Crippen molar-refractivity contribution in [1.82, 2.24) is 10.6 Å². The zero-order valence-corrected chi connectivity index (χ0v) is 9.98. The van der Waals surface area contributed by atoms with Crippen LogP contribution in [0, 0.1) is 0 Å². The van der Waals surface area contributed by atoms with Crippen molar-refractivity contribution in [1.29, 1.82) is 0 Å². The smallest absolute Gasteiger partial charge is 0.222 e. The summed E-state index contributed by atoms with van der Waals surface area (Å²) in [6, 6.07) is 0.234. The van der Waals surface area contributed by atoms with E-state index in [2.05, 4.69) is 10.6 Å². The number of hydrogen-bond donors (Lipinski definition) is 2. The molecule has 5 heteroatoms. The quantitative estimate of drug-likeness (QED) is 0.717. The lowest BCUT2D eigenvalue weighted by atomic mass is 9.95. The fraction of sp³-hybridized carbons (Fsp3) is 0.917. The Balaban J connectivity index is 1.44. The van der Waals surface area contributed by atoms with Crippen LogP contribution in [0.5, 0.6) is 0 Å². The number of morpholine rings is 1. The fourth-order valence-electron chi connectivity index (χ4n) is 3.01. The van der Waals surface area contributed by atoms with Crippen molar-refractivity contribution in [3.8, 4) is 0 Å². The van der Waals surface area contributed by atoms with Gasteiger partial charge >= 0.3 is 0 Å². The van der Waals surface area contributed by atoms with E-state index in [0.29, 0.717) is 19.1 Å². The predicted molar refractivity (Wildman–Crippen MR) is 61.7 cm³/mol. The van der Waals surface area contributed by atoms with Gasteiger partial charge in [0.25, 0.3) is 0 Å². The minimum absolute atomic E-state index is 0.0308. The molecule has 0 aromatic carbocycles. The van der Waals surface area contributed by atoms with Crippen molar-refractivity contribution in [2.75, 3.05) is 19.7 Å². The molecule has 0 radical (unpaired) electrons. The van der Waals surface area contributed by atoms with Crippen LogP contribution < -0.4 is 10.6 Å². The number of rotatable bonds is 3. The van der Waals surface area contributed by atoms with E-state index in [9.17, 15) is 4.79 Å². The zero-order valence-electron chi connectivity index (χ0n) is 9.98. The molecule has 96 valence electrons. The maximum atomic E-state index is 11.9. The number of carbonyl (C=O) groups is 1. The first-order valence-corrected chi connectivity index (χ1v) is 6.58. The van der Waals surface area contributed by atoms with E-state index in [4.69, 9.17) is 9.47 Å². The first kappa shape index (κ1) is 11.4. The van der Waals surface area contributed by atoms with Crippen LogP contribution in [0.25, 0.3) is 0 Å². The number of ether oxygens (including phenoxy) is 2. The first-order chi connectivity index (χ1) is 8.31. The van der Waals surface area contributed by atoms with E-state index in [-0.39, 0.29) is 24.2 Å². The van der Waals surface area contributed by atoms with Crippen LogP contribution in [0.2, 0.25) is 0 Å². The van der Waals surface area contributed by atoms with E-state index < -0.39 is 0 Å². The summed E-state index contributed by atoms with van der Waals surface area (Å²) in [4.78, 5) is 11.9. The minimum atomic E-state index is 0.0308. The van der Waals surface area contributed by atoms with Crippen molar-refractivity contribution in [3.05, 3.63) is 0 Å². The summed E-state index contributed by atoms with van der Waals surface area (Å²) in [5.41, 5.74) is 0. The third kappa shape index (κ3) is 2.61. The van der Waals surface area contributed by atoms with Crippen molar-refractivity contribution in [2.24, 2.45) is 0 Å². The van der Waals surface area contributed by atoms with E-state index in [1.54, 1.807) is 0 Å². The Morgan fingerprint density at radius 3 is 3.00 bits per heavy atom. The molecule has 2 N–H and O–H groups in total. The highest BCUT2D eigenvalue weighted by Crippen LogP contribution is 2.34. The molecule has 0 aromatic rings. The fourth-order valence-corrected chi connectivity index (χ4v) is 3.01. The second-order valence-corrected chi connectivity index (χ2v) is 5.18. The van der Waals surface area contributed by atoms with Gasteiger partial charge in [0, 0.05) is 13.1 Å². The molecule has 0 aromatic heterocycles. The van der Waals surface area contributed by atoms with Crippen LogP contribution in [0.3, 0.4) is 0 Å². The molecule has 3 aliphatic rings. The molecule has 4 atom stereocenters. The zero-order chi connectivity index (χ0) is 11.7. The van der Waals surface area contributed by atoms with Crippen molar-refractivity contribution in [2.45, 2.75) is 50.0 Å². The van der Waals surface area contributed by atoms with Gasteiger partial charge in [0.2, 0.25) is 5.91 Å². The van der Waals surface area contributed by atoms with Crippen molar-refractivity contribution >= 4 is 5.91 Å². The normalized spacial score (nSPS) is 40.5. The number of nitrogens with one attached hydrogen (secondary N) is 2. The monoisotopic (exact) mass is 240 g/mol. The third-order valence-corrected chi connectivity index (χ3v) is 3.87. The molecule has 3 fully saturated rings. The van der Waals surface area contributed by atoms with E-state index in [1.807, 2.05) is 0 Å². The van der Waals surface area contributed by atoms with E-state index in [1.165, 1.54) is 0 Å². The van der Waals surface area contributed by atoms with Crippen molar-refractivity contribution in [3.63, 3.8) is 0 Å². The van der Waals surface area contributed by atoms with Crippen LogP contribution in [0.15, 0.2) is 0 Å². The molecule has 17 heavy (non-hydrogen) atoms. The highest BCUT2D eigenvalue weighted by Gasteiger charge is 2.41. The Labute approximate surface area is 101 Å². The van der Waals surface area contributed by atoms with Gasteiger partial charge in [0.05, 0.1) is 37.4 Å². The Kier molecular flexibility index (Phi) is 3.31.